The minimum Gasteiger partial charge on any atom is -0.451 e. The monoisotopic (exact) mass is 469 g/mol. The third-order valence-electron chi connectivity index (χ3n) is 5.88. The van der Waals surface area contributed by atoms with E-state index in [0.29, 0.717) is 55.1 Å². The lowest BCUT2D eigenvalue weighted by molar-refractivity contribution is -0.114. The largest absolute Gasteiger partial charge is 0.451 e. The number of hydrogen-bond acceptors (Lipinski definition) is 5. The van der Waals surface area contributed by atoms with Crippen molar-refractivity contribution in [2.75, 3.05) is 25.0 Å². The highest BCUT2D eigenvalue weighted by molar-refractivity contribution is 7.89. The lowest BCUT2D eigenvalue weighted by Gasteiger charge is -2.31. The van der Waals surface area contributed by atoms with Crippen LogP contribution in [0.2, 0.25) is 0 Å². The molecule has 1 saturated heterocycles. The molecule has 0 aliphatic carbocycles. The summed E-state index contributed by atoms with van der Waals surface area (Å²) in [6.07, 6.45) is 1.41. The molecule has 1 aromatic heterocycles. The molecule has 2 aromatic carbocycles. The van der Waals surface area contributed by atoms with E-state index in [1.165, 1.54) is 13.0 Å². The number of rotatable bonds is 6. The van der Waals surface area contributed by atoms with E-state index >= 15 is 0 Å². The van der Waals surface area contributed by atoms with Gasteiger partial charge in [-0.05, 0) is 61.6 Å². The number of nitrogens with zero attached hydrogens (tertiary/aromatic N) is 1. The van der Waals surface area contributed by atoms with Crippen LogP contribution in [0.1, 0.15) is 35.9 Å². The van der Waals surface area contributed by atoms with Gasteiger partial charge in [-0.1, -0.05) is 18.2 Å². The Hall–Kier alpha value is -3.17. The number of carbonyl (C=O) groups excluding carboxylic acids is 2. The van der Waals surface area contributed by atoms with Crippen molar-refractivity contribution in [3.8, 4) is 0 Å². The van der Waals surface area contributed by atoms with Gasteiger partial charge in [-0.3, -0.25) is 9.59 Å². The van der Waals surface area contributed by atoms with Crippen LogP contribution >= 0.6 is 0 Å². The zero-order valence-electron chi connectivity index (χ0n) is 18.6. The number of sulfonamides is 1. The van der Waals surface area contributed by atoms with Crippen LogP contribution in [0.15, 0.2) is 57.8 Å². The van der Waals surface area contributed by atoms with Crippen LogP contribution in [0.4, 0.5) is 5.69 Å². The number of amides is 2. The molecule has 174 valence electrons. The molecule has 0 unspecified atom stereocenters. The van der Waals surface area contributed by atoms with Gasteiger partial charge in [-0.15, -0.1) is 0 Å². The van der Waals surface area contributed by atoms with Crippen molar-refractivity contribution in [2.24, 2.45) is 5.92 Å². The summed E-state index contributed by atoms with van der Waals surface area (Å²) in [5.74, 6) is 0.111. The maximum absolute atomic E-state index is 12.8. The molecule has 2 amide bonds. The van der Waals surface area contributed by atoms with Gasteiger partial charge in [0.1, 0.15) is 5.58 Å². The highest BCUT2D eigenvalue weighted by atomic mass is 32.2. The van der Waals surface area contributed by atoms with E-state index in [4.69, 9.17) is 4.42 Å². The Balaban J connectivity index is 1.32. The summed E-state index contributed by atoms with van der Waals surface area (Å²) < 4.78 is 34.0. The fraction of sp³-hybridized carbons (Fsp3) is 0.333. The molecule has 1 aliphatic heterocycles. The number of piperidine rings is 1. The maximum Gasteiger partial charge on any atom is 0.289 e. The smallest absolute Gasteiger partial charge is 0.289 e. The van der Waals surface area contributed by atoms with E-state index in [1.54, 1.807) is 30.0 Å². The fourth-order valence-electron chi connectivity index (χ4n) is 4.12. The zero-order chi connectivity index (χ0) is 23.6. The Kier molecular flexibility index (Phi) is 6.53. The van der Waals surface area contributed by atoms with Crippen molar-refractivity contribution in [1.29, 1.82) is 0 Å². The topological polar surface area (TPSA) is 109 Å². The quantitative estimate of drug-likeness (QED) is 0.574. The van der Waals surface area contributed by atoms with E-state index in [0.717, 1.165) is 5.39 Å². The molecule has 1 aliphatic rings. The Morgan fingerprint density at radius 3 is 2.48 bits per heavy atom. The van der Waals surface area contributed by atoms with E-state index < -0.39 is 10.0 Å². The second-order valence-corrected chi connectivity index (χ2v) is 10.1. The fourth-order valence-corrected chi connectivity index (χ4v) is 5.46. The van der Waals surface area contributed by atoms with Crippen molar-refractivity contribution < 1.29 is 22.4 Å². The zero-order valence-corrected chi connectivity index (χ0v) is 19.4. The Morgan fingerprint density at radius 1 is 1.09 bits per heavy atom. The van der Waals surface area contributed by atoms with Gasteiger partial charge in [0.2, 0.25) is 15.9 Å². The van der Waals surface area contributed by atoms with Gasteiger partial charge in [0, 0.05) is 37.6 Å². The molecular formula is C24H27N3O5S. The number of likely N-dealkylation sites (tertiary alicyclic amines) is 1. The number of hydrogen-bond donors (Lipinski definition) is 2. The van der Waals surface area contributed by atoms with Crippen LogP contribution < -0.4 is 10.0 Å². The first-order valence-corrected chi connectivity index (χ1v) is 12.4. The minimum absolute atomic E-state index is 0.137. The Labute approximate surface area is 193 Å². The summed E-state index contributed by atoms with van der Waals surface area (Å²) in [6.45, 7) is 4.50. The van der Waals surface area contributed by atoms with Gasteiger partial charge in [-0.2, -0.15) is 0 Å². The SMILES string of the molecule is CC(=O)Nc1ccc(S(=O)(=O)NCC2CCN(C(=O)c3cc4ccccc4o3)CC2)c(C)c1. The van der Waals surface area contributed by atoms with Crippen molar-refractivity contribution in [2.45, 2.75) is 31.6 Å². The van der Waals surface area contributed by atoms with Crippen LogP contribution in [-0.2, 0) is 14.8 Å². The van der Waals surface area contributed by atoms with E-state index in [-0.39, 0.29) is 22.6 Å². The Morgan fingerprint density at radius 2 is 1.82 bits per heavy atom. The third kappa shape index (κ3) is 5.26. The first-order chi connectivity index (χ1) is 15.7. The molecule has 0 spiro atoms. The number of anilines is 1. The summed E-state index contributed by atoms with van der Waals surface area (Å²) in [5, 5.41) is 3.54. The predicted molar refractivity (Wildman–Crippen MR) is 126 cm³/mol. The van der Waals surface area contributed by atoms with Gasteiger partial charge in [-0.25, -0.2) is 13.1 Å². The second-order valence-electron chi connectivity index (χ2n) is 8.40. The second kappa shape index (κ2) is 9.36. The van der Waals surface area contributed by atoms with Crippen molar-refractivity contribution in [3.05, 3.63) is 59.9 Å². The van der Waals surface area contributed by atoms with Crippen molar-refractivity contribution in [3.63, 3.8) is 0 Å². The Bertz CT molecular complexity index is 1260. The molecule has 9 heteroatoms. The van der Waals surface area contributed by atoms with E-state index in [2.05, 4.69) is 10.0 Å². The van der Waals surface area contributed by atoms with E-state index in [9.17, 15) is 18.0 Å². The van der Waals surface area contributed by atoms with Crippen LogP contribution in [0.25, 0.3) is 11.0 Å². The first-order valence-electron chi connectivity index (χ1n) is 10.9. The molecular weight excluding hydrogens is 442 g/mol. The number of carbonyl (C=O) groups is 2. The number of fused-ring (bicyclic) bond motifs is 1. The van der Waals surface area contributed by atoms with Gasteiger partial charge in [0.05, 0.1) is 4.90 Å². The standard InChI is InChI=1S/C24H27N3O5S/c1-16-13-20(26-17(2)28)7-8-23(16)33(30,31)25-15-18-9-11-27(12-10-18)24(29)22-14-19-5-3-4-6-21(19)32-22/h3-8,13-14,18,25H,9-12,15H2,1-2H3,(H,26,28). The summed E-state index contributed by atoms with van der Waals surface area (Å²) >= 11 is 0. The molecule has 33 heavy (non-hydrogen) atoms. The van der Waals surface area contributed by atoms with Crippen molar-refractivity contribution >= 4 is 38.5 Å². The number of benzene rings is 2. The van der Waals surface area contributed by atoms with E-state index in [1.807, 2.05) is 24.3 Å². The van der Waals surface area contributed by atoms with Crippen LogP contribution in [0.5, 0.6) is 0 Å². The first kappa shape index (κ1) is 23.0. The van der Waals surface area contributed by atoms with Crippen LogP contribution in [0.3, 0.4) is 0 Å². The number of para-hydroxylation sites is 1. The number of aryl methyl sites for hydroxylation is 1. The highest BCUT2D eigenvalue weighted by Gasteiger charge is 2.27. The molecule has 2 heterocycles. The number of furan rings is 1. The lowest BCUT2D eigenvalue weighted by Crippen LogP contribution is -2.41. The number of nitrogens with one attached hydrogen (secondary N) is 2. The summed E-state index contributed by atoms with van der Waals surface area (Å²) in [7, 11) is -3.68. The molecule has 0 saturated carbocycles. The van der Waals surface area contributed by atoms with Gasteiger partial charge in [0.15, 0.2) is 5.76 Å². The van der Waals surface area contributed by atoms with Gasteiger partial charge < -0.3 is 14.6 Å². The minimum atomic E-state index is -3.68. The normalized spacial score (nSPS) is 15.0. The van der Waals surface area contributed by atoms with Crippen LogP contribution in [0, 0.1) is 12.8 Å². The molecule has 0 bridgehead atoms. The van der Waals surface area contributed by atoms with Crippen LogP contribution in [-0.4, -0.2) is 44.8 Å². The summed E-state index contributed by atoms with van der Waals surface area (Å²) in [4.78, 5) is 26.0. The molecule has 1 fully saturated rings. The summed E-state index contributed by atoms with van der Waals surface area (Å²) in [5.41, 5.74) is 1.80. The third-order valence-corrected chi connectivity index (χ3v) is 7.47. The molecule has 4 rings (SSSR count). The predicted octanol–water partition coefficient (Wildman–Crippen LogP) is 3.53. The van der Waals surface area contributed by atoms with Crippen molar-refractivity contribution in [1.82, 2.24) is 9.62 Å². The average molecular weight is 470 g/mol. The molecule has 0 radical (unpaired) electrons. The lowest BCUT2D eigenvalue weighted by atomic mass is 9.97. The summed E-state index contributed by atoms with van der Waals surface area (Å²) in [6, 6.07) is 14.0. The van der Waals surface area contributed by atoms with Gasteiger partial charge in [0.25, 0.3) is 5.91 Å². The average Bonchev–Trinajstić information content (AvgIpc) is 3.21. The molecule has 3 aromatic rings. The molecule has 0 atom stereocenters. The highest BCUT2D eigenvalue weighted by Crippen LogP contribution is 2.24. The van der Waals surface area contributed by atoms with Gasteiger partial charge >= 0.3 is 0 Å². The molecule has 2 N–H and O–H groups in total. The molecule has 8 nitrogen and oxygen atoms in total. The maximum atomic E-state index is 12.8.